The van der Waals surface area contributed by atoms with Crippen LogP contribution in [0.15, 0.2) is 0 Å². The van der Waals surface area contributed by atoms with Crippen molar-refractivity contribution in [2.75, 3.05) is 19.8 Å². The average molecular weight is 504 g/mol. The van der Waals surface area contributed by atoms with Crippen LogP contribution in [-0.4, -0.2) is 173 Å². The van der Waals surface area contributed by atoms with Gasteiger partial charge >= 0.3 is 0 Å². The van der Waals surface area contributed by atoms with E-state index >= 15 is 0 Å². The smallest absolute Gasteiger partial charge is 0.187 e. The second-order valence-electron chi connectivity index (χ2n) is 8.55. The highest BCUT2D eigenvalue weighted by Crippen LogP contribution is 2.43. The van der Waals surface area contributed by atoms with Crippen LogP contribution in [0.1, 0.15) is 0 Å². The number of aliphatic hydroxyl groups excluding tert-OH is 12. The van der Waals surface area contributed by atoms with Gasteiger partial charge in [0.25, 0.3) is 0 Å². The number of hydrogen-bond donors (Lipinski definition) is 12. The first-order chi connectivity index (χ1) is 16.0. The lowest BCUT2D eigenvalue weighted by molar-refractivity contribution is -0.418. The highest BCUT2D eigenvalue weighted by molar-refractivity contribution is 5.13. The minimum Gasteiger partial charge on any atom is -0.394 e. The zero-order valence-electron chi connectivity index (χ0n) is 17.7. The zero-order chi connectivity index (χ0) is 25.5. The fourth-order valence-corrected chi connectivity index (χ4v) is 4.56. The molecule has 12 N–H and O–H groups in total. The molecule has 3 saturated heterocycles. The normalized spacial score (nSPS) is 54.7. The van der Waals surface area contributed by atoms with Crippen LogP contribution < -0.4 is 0 Å². The Morgan fingerprint density at radius 2 is 1.09 bits per heavy atom. The van der Waals surface area contributed by atoms with Crippen molar-refractivity contribution >= 4 is 0 Å². The summed E-state index contributed by atoms with van der Waals surface area (Å²) >= 11 is 0. The quantitative estimate of drug-likeness (QED) is 0.160. The van der Waals surface area contributed by atoms with E-state index in [1.807, 2.05) is 0 Å². The Balaban J connectivity index is 2.09. The molecule has 0 aromatic heterocycles. The Labute approximate surface area is 192 Å². The van der Waals surface area contributed by atoms with E-state index < -0.39 is 111 Å². The van der Waals surface area contributed by atoms with Crippen molar-refractivity contribution in [1.82, 2.24) is 0 Å². The molecule has 3 heterocycles. The van der Waals surface area contributed by atoms with Gasteiger partial charge in [0.05, 0.1) is 19.8 Å². The first-order valence-electron chi connectivity index (χ1n) is 10.6. The van der Waals surface area contributed by atoms with Gasteiger partial charge in [-0.25, -0.2) is 0 Å². The predicted molar refractivity (Wildman–Crippen MR) is 101 cm³/mol. The SMILES string of the molecule is OC[C@H]1O[C@@H](O[C@@]2(C3O[C@H](CO)[C@H](O)[C@H](O)[C@H]3O)[C@H](O)[C@@H](O)C(O)O[C@@H]2CO)[C@H](O)[C@@H](O)[C@H]1O. The zero-order valence-corrected chi connectivity index (χ0v) is 17.7. The summed E-state index contributed by atoms with van der Waals surface area (Å²) in [6.07, 6.45) is -27.3. The van der Waals surface area contributed by atoms with E-state index in [1.54, 1.807) is 0 Å². The summed E-state index contributed by atoms with van der Waals surface area (Å²) in [6, 6.07) is 0. The molecule has 0 aliphatic carbocycles. The molecule has 2 unspecified atom stereocenters. The van der Waals surface area contributed by atoms with Gasteiger partial charge in [-0.3, -0.25) is 0 Å². The lowest BCUT2D eigenvalue weighted by Gasteiger charge is -2.57. The number of rotatable bonds is 6. The molecule has 3 aliphatic heterocycles. The van der Waals surface area contributed by atoms with Crippen LogP contribution in [0.4, 0.5) is 0 Å². The molecule has 15 atom stereocenters. The van der Waals surface area contributed by atoms with E-state index in [2.05, 4.69) is 0 Å². The minimum atomic E-state index is -2.70. The Kier molecular flexibility index (Phi) is 8.85. The van der Waals surface area contributed by atoms with Gasteiger partial charge in [-0.15, -0.1) is 0 Å². The standard InChI is InChI=1S/C18H32O16/c19-1-4-7(22)9(24)11(26)15(31-4)18(6(3-21)33-16(30)13(28)14(18)29)34-17-12(27)10(25)8(23)5(2-20)32-17/h4-17,19-30H,1-3H2/t4-,5-,6-,7+,8+,9+,10+,11-,12-,13-,14-,15?,16?,17+,18-/m1/s1. The van der Waals surface area contributed by atoms with Crippen molar-refractivity contribution in [3.05, 3.63) is 0 Å². The molecule has 0 radical (unpaired) electrons. The van der Waals surface area contributed by atoms with Crippen LogP contribution in [0.25, 0.3) is 0 Å². The summed E-state index contributed by atoms with van der Waals surface area (Å²) in [5.74, 6) is 0. The summed E-state index contributed by atoms with van der Waals surface area (Å²) < 4.78 is 21.5. The van der Waals surface area contributed by atoms with Gasteiger partial charge in [0.1, 0.15) is 73.2 Å². The van der Waals surface area contributed by atoms with Gasteiger partial charge in [0.15, 0.2) is 18.2 Å². The molecule has 0 aromatic carbocycles. The van der Waals surface area contributed by atoms with Gasteiger partial charge in [-0.1, -0.05) is 0 Å². The van der Waals surface area contributed by atoms with Gasteiger partial charge in [-0.05, 0) is 0 Å². The molecule has 34 heavy (non-hydrogen) atoms. The number of aliphatic hydroxyl groups is 12. The minimum absolute atomic E-state index is 0.859. The Bertz CT molecular complexity index is 662. The molecule has 0 bridgehead atoms. The first-order valence-corrected chi connectivity index (χ1v) is 10.6. The third-order valence-corrected chi connectivity index (χ3v) is 6.56. The molecule has 3 fully saturated rings. The lowest BCUT2D eigenvalue weighted by atomic mass is 9.74. The van der Waals surface area contributed by atoms with Crippen LogP contribution in [0.5, 0.6) is 0 Å². The number of ether oxygens (including phenoxy) is 4. The van der Waals surface area contributed by atoms with Crippen LogP contribution >= 0.6 is 0 Å². The highest BCUT2D eigenvalue weighted by Gasteiger charge is 2.67. The van der Waals surface area contributed by atoms with Crippen LogP contribution in [-0.2, 0) is 18.9 Å². The molecule has 200 valence electrons. The van der Waals surface area contributed by atoms with Crippen molar-refractivity contribution in [2.45, 2.75) is 91.4 Å². The first kappa shape index (κ1) is 27.9. The largest absolute Gasteiger partial charge is 0.394 e. The molecule has 0 amide bonds. The molecule has 0 spiro atoms. The van der Waals surface area contributed by atoms with Crippen molar-refractivity contribution in [2.24, 2.45) is 0 Å². The summed E-state index contributed by atoms with van der Waals surface area (Å²) in [5, 5.41) is 122. The topological polar surface area (TPSA) is 280 Å². The van der Waals surface area contributed by atoms with Crippen LogP contribution in [0, 0.1) is 0 Å². The summed E-state index contributed by atoms with van der Waals surface area (Å²) in [5.41, 5.74) is -2.70. The second-order valence-corrected chi connectivity index (χ2v) is 8.55. The van der Waals surface area contributed by atoms with Gasteiger partial charge < -0.3 is 80.2 Å². The van der Waals surface area contributed by atoms with E-state index in [0.29, 0.717) is 0 Å². The third-order valence-electron chi connectivity index (χ3n) is 6.56. The van der Waals surface area contributed by atoms with E-state index in [1.165, 1.54) is 0 Å². The van der Waals surface area contributed by atoms with Crippen molar-refractivity contribution in [3.8, 4) is 0 Å². The van der Waals surface area contributed by atoms with Crippen LogP contribution in [0.2, 0.25) is 0 Å². The van der Waals surface area contributed by atoms with Gasteiger partial charge in [0.2, 0.25) is 0 Å². The molecule has 3 rings (SSSR count). The third kappa shape index (κ3) is 4.48. The second kappa shape index (κ2) is 10.8. The fourth-order valence-electron chi connectivity index (χ4n) is 4.56. The molecule has 16 heteroatoms. The summed E-state index contributed by atoms with van der Waals surface area (Å²) in [7, 11) is 0. The monoisotopic (exact) mass is 504 g/mol. The summed E-state index contributed by atoms with van der Waals surface area (Å²) in [4.78, 5) is 0. The van der Waals surface area contributed by atoms with Crippen molar-refractivity contribution in [1.29, 1.82) is 0 Å². The summed E-state index contributed by atoms with van der Waals surface area (Å²) in [6.45, 7) is -2.83. The molecule has 0 aromatic rings. The lowest BCUT2D eigenvalue weighted by Crippen LogP contribution is -2.79. The van der Waals surface area contributed by atoms with Crippen LogP contribution in [0.3, 0.4) is 0 Å². The van der Waals surface area contributed by atoms with Gasteiger partial charge in [0, 0.05) is 0 Å². The van der Waals surface area contributed by atoms with Crippen molar-refractivity contribution in [3.63, 3.8) is 0 Å². The highest BCUT2D eigenvalue weighted by atomic mass is 16.7. The molecular weight excluding hydrogens is 472 g/mol. The van der Waals surface area contributed by atoms with E-state index in [9.17, 15) is 61.3 Å². The number of hydrogen-bond acceptors (Lipinski definition) is 16. The fraction of sp³-hybridized carbons (Fsp3) is 1.00. The Hall–Kier alpha value is -0.640. The average Bonchev–Trinajstić information content (AvgIpc) is 2.83. The maximum absolute atomic E-state index is 11.0. The molecule has 16 nitrogen and oxygen atoms in total. The Morgan fingerprint density at radius 3 is 1.62 bits per heavy atom. The predicted octanol–water partition coefficient (Wildman–Crippen LogP) is -8.18. The maximum atomic E-state index is 11.0. The maximum Gasteiger partial charge on any atom is 0.187 e. The van der Waals surface area contributed by atoms with E-state index in [-0.39, 0.29) is 0 Å². The molecule has 0 saturated carbocycles. The molecular formula is C18H32O16. The van der Waals surface area contributed by atoms with E-state index in [0.717, 1.165) is 0 Å². The molecule has 3 aliphatic rings. The van der Waals surface area contributed by atoms with Gasteiger partial charge in [-0.2, -0.15) is 0 Å². The Morgan fingerprint density at radius 1 is 0.559 bits per heavy atom. The van der Waals surface area contributed by atoms with E-state index in [4.69, 9.17) is 18.9 Å². The van der Waals surface area contributed by atoms with Crippen molar-refractivity contribution < 1.29 is 80.2 Å².